The number of carbonyl (C=O) groups excluding carboxylic acids is 1. The predicted octanol–water partition coefficient (Wildman–Crippen LogP) is 4.70. The molecule has 0 bridgehead atoms. The van der Waals surface area contributed by atoms with E-state index in [1.807, 2.05) is 12.1 Å². The van der Waals surface area contributed by atoms with Crippen molar-refractivity contribution in [2.45, 2.75) is 38.5 Å². The predicted molar refractivity (Wildman–Crippen MR) is 98.4 cm³/mol. The number of hydrogen-bond acceptors (Lipinski definition) is 3. The van der Waals surface area contributed by atoms with Crippen LogP contribution in [-0.2, 0) is 11.2 Å². The molecule has 1 saturated heterocycles. The van der Waals surface area contributed by atoms with Crippen molar-refractivity contribution in [1.82, 2.24) is 0 Å². The van der Waals surface area contributed by atoms with E-state index in [4.69, 9.17) is 0 Å². The van der Waals surface area contributed by atoms with Gasteiger partial charge in [-0.25, -0.2) is 0 Å². The third-order valence-corrected chi connectivity index (χ3v) is 5.22. The minimum Gasteiger partial charge on any atom is -0.370 e. The Bertz CT molecular complexity index is 618. The van der Waals surface area contributed by atoms with E-state index in [9.17, 15) is 4.79 Å². The molecule has 23 heavy (non-hydrogen) atoms. The number of hydrogen-bond donors (Lipinski definition) is 1. The number of carbonyl (C=O) groups is 1. The van der Waals surface area contributed by atoms with Gasteiger partial charge in [-0.1, -0.05) is 18.2 Å². The van der Waals surface area contributed by atoms with Crippen molar-refractivity contribution in [3.63, 3.8) is 0 Å². The van der Waals surface area contributed by atoms with Gasteiger partial charge in [-0.15, -0.1) is 11.3 Å². The lowest BCUT2D eigenvalue weighted by atomic mass is 10.1. The summed E-state index contributed by atoms with van der Waals surface area (Å²) >= 11 is 1.76. The van der Waals surface area contributed by atoms with E-state index in [-0.39, 0.29) is 5.91 Å². The normalized spacial score (nSPS) is 14.7. The van der Waals surface area contributed by atoms with Gasteiger partial charge in [0, 0.05) is 24.4 Å². The zero-order chi connectivity index (χ0) is 15.9. The van der Waals surface area contributed by atoms with Gasteiger partial charge in [0.1, 0.15) is 0 Å². The summed E-state index contributed by atoms with van der Waals surface area (Å²) < 4.78 is 0. The van der Waals surface area contributed by atoms with E-state index in [0.29, 0.717) is 6.42 Å². The van der Waals surface area contributed by atoms with Crippen LogP contribution in [0.25, 0.3) is 0 Å². The van der Waals surface area contributed by atoms with Crippen LogP contribution in [0.2, 0.25) is 0 Å². The number of para-hydroxylation sites is 2. The van der Waals surface area contributed by atoms with Crippen molar-refractivity contribution in [1.29, 1.82) is 0 Å². The van der Waals surface area contributed by atoms with Crippen LogP contribution in [0, 0.1) is 0 Å². The number of thiophene rings is 1. The summed E-state index contributed by atoms with van der Waals surface area (Å²) in [6, 6.07) is 12.4. The Balaban J connectivity index is 1.55. The van der Waals surface area contributed by atoms with Crippen LogP contribution in [0.1, 0.15) is 37.0 Å². The van der Waals surface area contributed by atoms with Gasteiger partial charge < -0.3 is 10.2 Å². The molecule has 1 aromatic heterocycles. The Morgan fingerprint density at radius 3 is 2.70 bits per heavy atom. The quantitative estimate of drug-likeness (QED) is 0.833. The molecule has 1 amide bonds. The summed E-state index contributed by atoms with van der Waals surface area (Å²) in [5, 5.41) is 5.20. The second-order valence-corrected chi connectivity index (χ2v) is 7.08. The third-order valence-electron chi connectivity index (χ3n) is 4.28. The summed E-state index contributed by atoms with van der Waals surface area (Å²) in [5.41, 5.74) is 2.12. The molecule has 0 saturated carbocycles. The molecular weight excluding hydrogens is 304 g/mol. The number of aryl methyl sites for hydroxylation is 1. The molecule has 122 valence electrons. The van der Waals surface area contributed by atoms with Crippen LogP contribution >= 0.6 is 11.3 Å². The van der Waals surface area contributed by atoms with Gasteiger partial charge in [0.25, 0.3) is 0 Å². The summed E-state index contributed by atoms with van der Waals surface area (Å²) in [7, 11) is 0. The first-order valence-corrected chi connectivity index (χ1v) is 9.37. The maximum absolute atomic E-state index is 12.2. The van der Waals surface area contributed by atoms with E-state index in [2.05, 4.69) is 39.9 Å². The Morgan fingerprint density at radius 2 is 1.91 bits per heavy atom. The molecule has 1 fully saturated rings. The Hall–Kier alpha value is -1.81. The lowest BCUT2D eigenvalue weighted by Crippen LogP contribution is -2.30. The first-order valence-electron chi connectivity index (χ1n) is 8.49. The van der Waals surface area contributed by atoms with Crippen molar-refractivity contribution in [2.75, 3.05) is 23.3 Å². The van der Waals surface area contributed by atoms with Crippen LogP contribution in [0.3, 0.4) is 0 Å². The van der Waals surface area contributed by atoms with Crippen LogP contribution < -0.4 is 10.2 Å². The number of rotatable bonds is 6. The highest BCUT2D eigenvalue weighted by Gasteiger charge is 2.15. The van der Waals surface area contributed by atoms with Gasteiger partial charge in [-0.3, -0.25) is 4.79 Å². The van der Waals surface area contributed by atoms with E-state index in [1.54, 1.807) is 11.3 Å². The maximum atomic E-state index is 12.2. The summed E-state index contributed by atoms with van der Waals surface area (Å²) in [4.78, 5) is 16.0. The van der Waals surface area contributed by atoms with Gasteiger partial charge in [-0.2, -0.15) is 0 Å². The molecule has 2 heterocycles. The number of benzene rings is 1. The van der Waals surface area contributed by atoms with Gasteiger partial charge in [0.05, 0.1) is 11.4 Å². The molecule has 0 atom stereocenters. The van der Waals surface area contributed by atoms with Crippen molar-refractivity contribution in [3.8, 4) is 0 Å². The highest BCUT2D eigenvalue weighted by molar-refractivity contribution is 7.09. The average molecular weight is 328 g/mol. The summed E-state index contributed by atoms with van der Waals surface area (Å²) in [6.45, 7) is 2.18. The molecule has 3 nitrogen and oxygen atoms in total. The standard InChI is InChI=1S/C19H24N2OS/c22-19(12-6-8-16-9-7-15-23-16)20-17-10-2-3-11-18(17)21-13-4-1-5-14-21/h2-3,7,9-11,15H,1,4-6,8,12-14H2,(H,20,22). The maximum Gasteiger partial charge on any atom is 0.224 e. The molecule has 0 spiro atoms. The van der Waals surface area contributed by atoms with E-state index < -0.39 is 0 Å². The molecule has 1 aromatic carbocycles. The zero-order valence-electron chi connectivity index (χ0n) is 13.5. The number of amides is 1. The van der Waals surface area contributed by atoms with Crippen LogP contribution in [0.15, 0.2) is 41.8 Å². The van der Waals surface area contributed by atoms with Crippen molar-refractivity contribution in [2.24, 2.45) is 0 Å². The molecule has 2 aromatic rings. The largest absolute Gasteiger partial charge is 0.370 e. The number of nitrogens with one attached hydrogen (secondary N) is 1. The first kappa shape index (κ1) is 16.1. The van der Waals surface area contributed by atoms with Gasteiger partial charge >= 0.3 is 0 Å². The summed E-state index contributed by atoms with van der Waals surface area (Å²) in [6.07, 6.45) is 6.25. The van der Waals surface area contributed by atoms with Crippen molar-refractivity contribution < 1.29 is 4.79 Å². The smallest absolute Gasteiger partial charge is 0.224 e. The topological polar surface area (TPSA) is 32.3 Å². The fraction of sp³-hybridized carbons (Fsp3) is 0.421. The fourth-order valence-corrected chi connectivity index (χ4v) is 3.83. The number of anilines is 2. The van der Waals surface area contributed by atoms with E-state index in [0.717, 1.165) is 31.6 Å². The fourth-order valence-electron chi connectivity index (χ4n) is 3.08. The lowest BCUT2D eigenvalue weighted by Gasteiger charge is -2.30. The molecule has 0 unspecified atom stereocenters. The van der Waals surface area contributed by atoms with Crippen molar-refractivity contribution >= 4 is 28.6 Å². The first-order chi connectivity index (χ1) is 11.3. The Kier molecular flexibility index (Phi) is 5.70. The SMILES string of the molecule is O=C(CCCc1cccs1)Nc1ccccc1N1CCCCC1. The molecule has 1 aliphatic heterocycles. The van der Waals surface area contributed by atoms with Gasteiger partial charge in [0.2, 0.25) is 5.91 Å². The van der Waals surface area contributed by atoms with E-state index >= 15 is 0 Å². The second kappa shape index (κ2) is 8.16. The minimum atomic E-state index is 0.117. The molecule has 1 N–H and O–H groups in total. The number of nitrogens with zero attached hydrogens (tertiary/aromatic N) is 1. The molecular formula is C19H24N2OS. The third kappa shape index (κ3) is 4.58. The second-order valence-electron chi connectivity index (χ2n) is 6.05. The monoisotopic (exact) mass is 328 g/mol. The number of piperidine rings is 1. The minimum absolute atomic E-state index is 0.117. The highest BCUT2D eigenvalue weighted by Crippen LogP contribution is 2.28. The average Bonchev–Trinajstić information content (AvgIpc) is 3.09. The zero-order valence-corrected chi connectivity index (χ0v) is 14.3. The Morgan fingerprint density at radius 1 is 1.09 bits per heavy atom. The molecule has 0 aliphatic carbocycles. The highest BCUT2D eigenvalue weighted by atomic mass is 32.1. The van der Waals surface area contributed by atoms with Gasteiger partial charge in [0.15, 0.2) is 0 Å². The Labute approximate surface area is 142 Å². The van der Waals surface area contributed by atoms with Gasteiger partial charge in [-0.05, 0) is 55.7 Å². The molecule has 4 heteroatoms. The van der Waals surface area contributed by atoms with Crippen LogP contribution in [0.5, 0.6) is 0 Å². The molecule has 3 rings (SSSR count). The van der Waals surface area contributed by atoms with Crippen molar-refractivity contribution in [3.05, 3.63) is 46.7 Å². The van der Waals surface area contributed by atoms with Crippen LogP contribution in [-0.4, -0.2) is 19.0 Å². The van der Waals surface area contributed by atoms with E-state index in [1.165, 1.54) is 29.8 Å². The molecule has 0 radical (unpaired) electrons. The summed E-state index contributed by atoms with van der Waals surface area (Å²) in [5.74, 6) is 0.117. The lowest BCUT2D eigenvalue weighted by molar-refractivity contribution is -0.116. The molecule has 1 aliphatic rings. The van der Waals surface area contributed by atoms with Crippen LogP contribution in [0.4, 0.5) is 11.4 Å².